The molecule has 6 heteroatoms. The van der Waals surface area contributed by atoms with Crippen molar-refractivity contribution in [3.63, 3.8) is 0 Å². The fraction of sp³-hybridized carbons (Fsp3) is 0.125. The molecule has 30 heavy (non-hydrogen) atoms. The van der Waals surface area contributed by atoms with Gasteiger partial charge in [0.1, 0.15) is 5.83 Å². The Hall–Kier alpha value is -3.54. The van der Waals surface area contributed by atoms with Gasteiger partial charge in [0, 0.05) is 29.4 Å². The zero-order valence-corrected chi connectivity index (χ0v) is 16.2. The molecule has 147 valence electrons. The second kappa shape index (κ2) is 7.37. The van der Waals surface area contributed by atoms with Gasteiger partial charge in [0.2, 0.25) is 0 Å². The van der Waals surface area contributed by atoms with Crippen LogP contribution in [0.4, 0.5) is 4.39 Å². The number of benzene rings is 2. The lowest BCUT2D eigenvalue weighted by Gasteiger charge is -2.32. The van der Waals surface area contributed by atoms with E-state index in [0.717, 1.165) is 28.1 Å². The number of allylic oxidation sites excluding steroid dienone is 1. The van der Waals surface area contributed by atoms with Crippen molar-refractivity contribution in [1.29, 1.82) is 0 Å². The number of rotatable bonds is 5. The van der Waals surface area contributed by atoms with Gasteiger partial charge in [0.15, 0.2) is 0 Å². The summed E-state index contributed by atoms with van der Waals surface area (Å²) in [7, 11) is 1.90. The number of halogens is 1. The van der Waals surface area contributed by atoms with Crippen LogP contribution in [0, 0.1) is 0 Å². The highest BCUT2D eigenvalue weighted by Crippen LogP contribution is 2.40. The Balaban J connectivity index is 1.63. The van der Waals surface area contributed by atoms with Crippen LogP contribution in [0.5, 0.6) is 0 Å². The van der Waals surface area contributed by atoms with Gasteiger partial charge in [0.25, 0.3) is 0 Å². The van der Waals surface area contributed by atoms with E-state index in [1.54, 1.807) is 0 Å². The first-order valence-electron chi connectivity index (χ1n) is 9.92. The summed E-state index contributed by atoms with van der Waals surface area (Å²) in [4.78, 5) is 12.9. The first-order valence-corrected chi connectivity index (χ1v) is 9.92. The van der Waals surface area contributed by atoms with Crippen molar-refractivity contribution in [2.45, 2.75) is 18.9 Å². The number of hydrogen-bond donors (Lipinski definition) is 1. The van der Waals surface area contributed by atoms with E-state index >= 15 is 0 Å². The molecular formula is C24H19BFN2O2. The lowest BCUT2D eigenvalue weighted by molar-refractivity contribution is -0.137. The van der Waals surface area contributed by atoms with Crippen LogP contribution in [0.1, 0.15) is 18.5 Å². The average Bonchev–Trinajstić information content (AvgIpc) is 3.30. The van der Waals surface area contributed by atoms with Crippen molar-refractivity contribution in [2.75, 3.05) is 0 Å². The van der Waals surface area contributed by atoms with Gasteiger partial charge in [-0.1, -0.05) is 60.7 Å². The Bertz CT molecular complexity index is 1170. The van der Waals surface area contributed by atoms with E-state index in [1.165, 1.54) is 6.08 Å². The van der Waals surface area contributed by atoms with E-state index in [2.05, 4.69) is 22.7 Å². The molecule has 0 fully saturated rings. The lowest BCUT2D eigenvalue weighted by atomic mass is 9.95. The third kappa shape index (κ3) is 3.14. The molecule has 1 unspecified atom stereocenters. The summed E-state index contributed by atoms with van der Waals surface area (Å²) in [6.07, 6.45) is 3.72. The summed E-state index contributed by atoms with van der Waals surface area (Å²) >= 11 is 0. The largest absolute Gasteiger partial charge is 0.481 e. The highest BCUT2D eigenvalue weighted by molar-refractivity contribution is 6.34. The number of hydrogen-bond acceptors (Lipinski definition) is 2. The molecule has 5 rings (SSSR count). The maximum atomic E-state index is 14.8. The average molecular weight is 397 g/mol. The zero-order valence-electron chi connectivity index (χ0n) is 16.2. The van der Waals surface area contributed by atoms with Crippen LogP contribution in [0.3, 0.4) is 0 Å². The molecule has 2 aliphatic heterocycles. The van der Waals surface area contributed by atoms with Gasteiger partial charge in [-0.05, 0) is 35.8 Å². The lowest BCUT2D eigenvalue weighted by Crippen LogP contribution is -2.39. The SMILES string of the molecule is O=C(O)CCC1C=C(F)C2=Cc3c(-c4ccccc4)cc(-c4ccccc4)n3[B]N21. The third-order valence-electron chi connectivity index (χ3n) is 5.62. The molecule has 1 radical (unpaired) electrons. The Kier molecular flexibility index (Phi) is 4.54. The van der Waals surface area contributed by atoms with Gasteiger partial charge in [0.05, 0.1) is 5.70 Å². The molecule has 3 aromatic rings. The van der Waals surface area contributed by atoms with Crippen LogP contribution in [0.2, 0.25) is 0 Å². The summed E-state index contributed by atoms with van der Waals surface area (Å²) in [5.41, 5.74) is 5.54. The van der Waals surface area contributed by atoms with Crippen molar-refractivity contribution in [2.24, 2.45) is 0 Å². The quantitative estimate of drug-likeness (QED) is 0.619. The molecule has 3 heterocycles. The normalized spacial score (nSPS) is 17.0. The summed E-state index contributed by atoms with van der Waals surface area (Å²) in [5.74, 6) is -1.19. The van der Waals surface area contributed by atoms with Gasteiger partial charge in [-0.3, -0.25) is 4.79 Å². The highest BCUT2D eigenvalue weighted by atomic mass is 19.1. The van der Waals surface area contributed by atoms with E-state index in [9.17, 15) is 9.18 Å². The number of carboxylic acid groups (broad SMARTS) is 1. The zero-order chi connectivity index (χ0) is 20.7. The van der Waals surface area contributed by atoms with E-state index < -0.39 is 5.97 Å². The second-order valence-electron chi connectivity index (χ2n) is 7.50. The Morgan fingerprint density at radius 3 is 2.37 bits per heavy atom. The molecule has 0 spiro atoms. The van der Waals surface area contributed by atoms with E-state index in [1.807, 2.05) is 67.0 Å². The van der Waals surface area contributed by atoms with Gasteiger partial charge in [-0.25, -0.2) is 4.39 Å². The fourth-order valence-corrected chi connectivity index (χ4v) is 4.17. The first-order chi connectivity index (χ1) is 14.6. The highest BCUT2D eigenvalue weighted by Gasteiger charge is 2.35. The standard InChI is InChI=1S/C24H19BFN2O2/c26-20-13-18(11-12-24(29)30)27-23(20)15-22-19(16-7-3-1-4-8-16)14-21(28(22)25-27)17-9-5-2-6-10-17/h1-10,13-15,18H,11-12H2,(H,29,30). The molecule has 0 saturated carbocycles. The minimum absolute atomic E-state index is 0.00852. The molecule has 4 nitrogen and oxygen atoms in total. The van der Waals surface area contributed by atoms with Crippen molar-refractivity contribution < 1.29 is 14.3 Å². The van der Waals surface area contributed by atoms with Gasteiger partial charge < -0.3 is 14.4 Å². The van der Waals surface area contributed by atoms with E-state index in [4.69, 9.17) is 5.11 Å². The van der Waals surface area contributed by atoms with Crippen LogP contribution >= 0.6 is 0 Å². The molecule has 0 saturated heterocycles. The number of nitrogens with zero attached hydrogens (tertiary/aromatic N) is 2. The molecule has 0 aliphatic carbocycles. The number of fused-ring (bicyclic) bond motifs is 2. The van der Waals surface area contributed by atoms with Gasteiger partial charge in [-0.2, -0.15) is 0 Å². The summed E-state index contributed by atoms with van der Waals surface area (Å²) < 4.78 is 16.8. The van der Waals surface area contributed by atoms with Crippen LogP contribution in [-0.2, 0) is 4.79 Å². The maximum absolute atomic E-state index is 14.8. The molecule has 0 amide bonds. The maximum Gasteiger partial charge on any atom is 0.397 e. The van der Waals surface area contributed by atoms with E-state index in [0.29, 0.717) is 12.1 Å². The van der Waals surface area contributed by atoms with Crippen LogP contribution in [0.25, 0.3) is 28.5 Å². The van der Waals surface area contributed by atoms with Crippen molar-refractivity contribution >= 4 is 19.6 Å². The summed E-state index contributed by atoms with van der Waals surface area (Å²) in [6, 6.07) is 21.9. The first kappa shape index (κ1) is 18.5. The molecule has 2 aromatic carbocycles. The minimum Gasteiger partial charge on any atom is -0.481 e. The van der Waals surface area contributed by atoms with Crippen molar-refractivity contribution in [3.8, 4) is 22.4 Å². The third-order valence-corrected chi connectivity index (χ3v) is 5.62. The Morgan fingerprint density at radius 1 is 1.03 bits per heavy atom. The van der Waals surface area contributed by atoms with Crippen LogP contribution < -0.4 is 0 Å². The van der Waals surface area contributed by atoms with E-state index in [-0.39, 0.29) is 18.3 Å². The summed E-state index contributed by atoms with van der Waals surface area (Å²) in [6.45, 7) is 0. The van der Waals surface area contributed by atoms with Crippen molar-refractivity contribution in [3.05, 3.63) is 90.0 Å². The minimum atomic E-state index is -0.878. The molecule has 0 bridgehead atoms. The van der Waals surface area contributed by atoms with Crippen LogP contribution in [-0.4, -0.2) is 34.0 Å². The molecule has 1 N–H and O–H groups in total. The molecule has 1 atom stereocenters. The number of carboxylic acids is 1. The Morgan fingerprint density at radius 2 is 1.70 bits per heavy atom. The fourth-order valence-electron chi connectivity index (χ4n) is 4.17. The molecule has 2 aliphatic rings. The molecule has 1 aromatic heterocycles. The smallest absolute Gasteiger partial charge is 0.397 e. The monoisotopic (exact) mass is 397 g/mol. The van der Waals surface area contributed by atoms with Crippen LogP contribution in [0.15, 0.2) is 84.3 Å². The molecular weight excluding hydrogens is 378 g/mol. The second-order valence-corrected chi connectivity index (χ2v) is 7.50. The topological polar surface area (TPSA) is 45.5 Å². The van der Waals surface area contributed by atoms with Crippen molar-refractivity contribution in [1.82, 2.24) is 9.29 Å². The Labute approximate surface area is 174 Å². The predicted octanol–water partition coefficient (Wildman–Crippen LogP) is 4.96. The number of aromatic nitrogens is 1. The van der Waals surface area contributed by atoms with Gasteiger partial charge >= 0.3 is 13.5 Å². The summed E-state index contributed by atoms with van der Waals surface area (Å²) in [5, 5.41) is 9.05. The number of carbonyl (C=O) groups is 1. The number of aliphatic carboxylic acids is 1. The van der Waals surface area contributed by atoms with Gasteiger partial charge in [-0.15, -0.1) is 0 Å². The predicted molar refractivity (Wildman–Crippen MR) is 116 cm³/mol.